The highest BCUT2D eigenvalue weighted by molar-refractivity contribution is 7.15. The summed E-state index contributed by atoms with van der Waals surface area (Å²) in [5.41, 5.74) is -0.128. The molecule has 1 rings (SSSR count). The van der Waals surface area contributed by atoms with Crippen LogP contribution < -0.4 is 5.32 Å². The van der Waals surface area contributed by atoms with Crippen LogP contribution in [0.2, 0.25) is 0 Å². The zero-order chi connectivity index (χ0) is 12.0. The van der Waals surface area contributed by atoms with E-state index in [1.807, 2.05) is 20.9 Å². The van der Waals surface area contributed by atoms with Crippen LogP contribution in [0.15, 0.2) is 0 Å². The number of methoxy groups -OCH3 is 1. The molecule has 0 fully saturated rings. The smallest absolute Gasteiger partial charge is 0.205 e. The number of hydrogen-bond donors (Lipinski definition) is 1. The van der Waals surface area contributed by atoms with Crippen LogP contribution in [0.25, 0.3) is 0 Å². The van der Waals surface area contributed by atoms with Crippen molar-refractivity contribution in [1.29, 1.82) is 0 Å². The summed E-state index contributed by atoms with van der Waals surface area (Å²) in [7, 11) is 3.54. The molecular formula is C10H19N3O2S. The van der Waals surface area contributed by atoms with Crippen LogP contribution in [0.5, 0.6) is 0 Å². The molecule has 92 valence electrons. The Labute approximate surface area is 100 Å². The lowest BCUT2D eigenvalue weighted by molar-refractivity contribution is -0.0125. The van der Waals surface area contributed by atoms with Crippen molar-refractivity contribution >= 4 is 16.5 Å². The molecule has 0 aliphatic heterocycles. The molecule has 5 nitrogen and oxygen atoms in total. The third-order valence-corrected chi connectivity index (χ3v) is 3.22. The molecule has 0 aliphatic rings. The number of nitrogens with one attached hydrogen (secondary N) is 1. The molecule has 1 aromatic heterocycles. The number of aromatic nitrogens is 2. The van der Waals surface area contributed by atoms with Gasteiger partial charge in [-0.05, 0) is 20.3 Å². The van der Waals surface area contributed by atoms with Crippen molar-refractivity contribution < 1.29 is 9.47 Å². The van der Waals surface area contributed by atoms with Gasteiger partial charge in [-0.2, -0.15) is 0 Å². The van der Waals surface area contributed by atoms with Crippen LogP contribution in [0.4, 0.5) is 5.13 Å². The molecule has 0 bridgehead atoms. The van der Waals surface area contributed by atoms with Gasteiger partial charge in [0.25, 0.3) is 0 Å². The zero-order valence-corrected chi connectivity index (χ0v) is 11.1. The molecule has 0 aromatic carbocycles. The predicted molar refractivity (Wildman–Crippen MR) is 64.8 cm³/mol. The minimum Gasteiger partial charge on any atom is -0.379 e. The van der Waals surface area contributed by atoms with Gasteiger partial charge >= 0.3 is 0 Å². The van der Waals surface area contributed by atoms with E-state index in [9.17, 15) is 0 Å². The fourth-order valence-electron chi connectivity index (χ4n) is 0.992. The van der Waals surface area contributed by atoms with E-state index in [-0.39, 0.29) is 5.60 Å². The van der Waals surface area contributed by atoms with E-state index in [0.29, 0.717) is 13.2 Å². The maximum atomic E-state index is 5.52. The fraction of sp³-hybridized carbons (Fsp3) is 0.800. The van der Waals surface area contributed by atoms with Crippen molar-refractivity contribution in [3.8, 4) is 0 Å². The molecule has 1 aromatic rings. The molecule has 0 aliphatic carbocycles. The summed E-state index contributed by atoms with van der Waals surface area (Å²) in [5.74, 6) is 0. The topological polar surface area (TPSA) is 56.3 Å². The number of ether oxygens (including phenoxy) is 2. The van der Waals surface area contributed by atoms with E-state index < -0.39 is 0 Å². The first kappa shape index (κ1) is 13.3. The molecule has 0 radical (unpaired) electrons. The van der Waals surface area contributed by atoms with E-state index in [1.54, 1.807) is 7.11 Å². The summed E-state index contributed by atoms with van der Waals surface area (Å²) >= 11 is 1.51. The third-order valence-electron chi connectivity index (χ3n) is 2.31. The van der Waals surface area contributed by atoms with E-state index in [4.69, 9.17) is 9.47 Å². The SMILES string of the molecule is CNc1nnc(COCCC(C)(C)OC)s1. The molecule has 0 unspecified atom stereocenters. The van der Waals surface area contributed by atoms with Gasteiger partial charge in [-0.3, -0.25) is 0 Å². The lowest BCUT2D eigenvalue weighted by Gasteiger charge is -2.22. The molecule has 0 atom stereocenters. The van der Waals surface area contributed by atoms with E-state index in [0.717, 1.165) is 16.6 Å². The quantitative estimate of drug-likeness (QED) is 0.744. The molecule has 6 heteroatoms. The summed E-state index contributed by atoms with van der Waals surface area (Å²) < 4.78 is 10.8. The predicted octanol–water partition coefficient (Wildman–Crippen LogP) is 1.91. The van der Waals surface area contributed by atoms with Crippen LogP contribution in [0.1, 0.15) is 25.3 Å². The average Bonchev–Trinajstić information content (AvgIpc) is 2.72. The Balaban J connectivity index is 2.20. The first-order valence-electron chi connectivity index (χ1n) is 5.20. The molecular weight excluding hydrogens is 226 g/mol. The molecule has 1 N–H and O–H groups in total. The zero-order valence-electron chi connectivity index (χ0n) is 10.2. The number of hydrogen-bond acceptors (Lipinski definition) is 6. The Kier molecular flexibility index (Phi) is 5.11. The number of rotatable bonds is 7. The minimum absolute atomic E-state index is 0.128. The van der Waals surface area contributed by atoms with Crippen molar-refractivity contribution in [3.05, 3.63) is 5.01 Å². The standard InChI is InChI=1S/C10H19N3O2S/c1-10(2,14-4)5-6-15-7-8-12-13-9(11-3)16-8/h5-7H2,1-4H3,(H,11,13). The van der Waals surface area contributed by atoms with E-state index in [1.165, 1.54) is 11.3 Å². The summed E-state index contributed by atoms with van der Waals surface area (Å²) in [4.78, 5) is 0. The van der Waals surface area contributed by atoms with Gasteiger partial charge in [0.05, 0.1) is 5.60 Å². The lowest BCUT2D eigenvalue weighted by atomic mass is 10.1. The second-order valence-corrected chi connectivity index (χ2v) is 5.08. The van der Waals surface area contributed by atoms with Gasteiger partial charge in [-0.15, -0.1) is 10.2 Å². The summed E-state index contributed by atoms with van der Waals surface area (Å²) in [5, 5.41) is 12.6. The summed E-state index contributed by atoms with van der Waals surface area (Å²) in [6.45, 7) is 5.26. The largest absolute Gasteiger partial charge is 0.379 e. The first-order chi connectivity index (χ1) is 7.57. The first-order valence-corrected chi connectivity index (χ1v) is 6.02. The number of nitrogens with zero attached hydrogens (tertiary/aromatic N) is 2. The summed E-state index contributed by atoms with van der Waals surface area (Å²) in [6.07, 6.45) is 0.862. The van der Waals surface area contributed by atoms with E-state index in [2.05, 4.69) is 15.5 Å². The molecule has 1 heterocycles. The maximum Gasteiger partial charge on any atom is 0.205 e. The second kappa shape index (κ2) is 6.12. The molecule has 0 amide bonds. The number of anilines is 1. The van der Waals surface area contributed by atoms with Gasteiger partial charge in [0.15, 0.2) is 0 Å². The van der Waals surface area contributed by atoms with Crippen molar-refractivity contribution in [2.24, 2.45) is 0 Å². The molecule has 0 saturated carbocycles. The van der Waals surface area contributed by atoms with Crippen LogP contribution in [-0.2, 0) is 16.1 Å². The fourth-order valence-corrected chi connectivity index (χ4v) is 1.62. The van der Waals surface area contributed by atoms with Crippen molar-refractivity contribution in [2.45, 2.75) is 32.5 Å². The second-order valence-electron chi connectivity index (χ2n) is 4.02. The Morgan fingerprint density at radius 1 is 1.38 bits per heavy atom. The molecule has 16 heavy (non-hydrogen) atoms. The highest BCUT2D eigenvalue weighted by atomic mass is 32.1. The highest BCUT2D eigenvalue weighted by Gasteiger charge is 2.15. The van der Waals surface area contributed by atoms with Crippen molar-refractivity contribution in [2.75, 3.05) is 26.1 Å². The Morgan fingerprint density at radius 3 is 2.69 bits per heavy atom. The summed E-state index contributed by atoms with van der Waals surface area (Å²) in [6, 6.07) is 0. The van der Waals surface area contributed by atoms with Gasteiger partial charge in [-0.25, -0.2) is 0 Å². The van der Waals surface area contributed by atoms with Crippen LogP contribution >= 0.6 is 11.3 Å². The van der Waals surface area contributed by atoms with Crippen molar-refractivity contribution in [3.63, 3.8) is 0 Å². The van der Waals surface area contributed by atoms with Crippen LogP contribution in [0.3, 0.4) is 0 Å². The van der Waals surface area contributed by atoms with Crippen LogP contribution in [0, 0.1) is 0 Å². The third kappa shape index (κ3) is 4.42. The van der Waals surface area contributed by atoms with Gasteiger partial charge in [0.2, 0.25) is 5.13 Å². The average molecular weight is 245 g/mol. The highest BCUT2D eigenvalue weighted by Crippen LogP contribution is 2.16. The normalized spacial score (nSPS) is 11.8. The minimum atomic E-state index is -0.128. The molecule has 0 spiro atoms. The van der Waals surface area contributed by atoms with E-state index >= 15 is 0 Å². The Hall–Kier alpha value is -0.720. The van der Waals surface area contributed by atoms with Gasteiger partial charge in [0.1, 0.15) is 11.6 Å². The monoisotopic (exact) mass is 245 g/mol. The lowest BCUT2D eigenvalue weighted by Crippen LogP contribution is -2.24. The Morgan fingerprint density at radius 2 is 2.12 bits per heavy atom. The molecule has 0 saturated heterocycles. The Bertz CT molecular complexity index is 315. The van der Waals surface area contributed by atoms with Gasteiger partial charge in [-0.1, -0.05) is 11.3 Å². The van der Waals surface area contributed by atoms with Gasteiger partial charge in [0, 0.05) is 20.8 Å². The van der Waals surface area contributed by atoms with Crippen molar-refractivity contribution in [1.82, 2.24) is 10.2 Å². The van der Waals surface area contributed by atoms with Gasteiger partial charge < -0.3 is 14.8 Å². The van der Waals surface area contributed by atoms with Crippen LogP contribution in [-0.4, -0.2) is 36.6 Å². The maximum absolute atomic E-state index is 5.52.